The van der Waals surface area contributed by atoms with Crippen molar-refractivity contribution in [3.63, 3.8) is 0 Å². The normalized spacial score (nSPS) is 23.4. The molecule has 1 aliphatic heterocycles. The molecule has 2 rings (SSSR count). The molecule has 1 saturated heterocycles. The van der Waals surface area contributed by atoms with Crippen LogP contribution in [0, 0.1) is 0 Å². The molecule has 0 saturated carbocycles. The fraction of sp³-hybridized carbons (Fsp3) is 0.800. The predicted octanol–water partition coefficient (Wildman–Crippen LogP) is 0.470. The average Bonchev–Trinajstić information content (AvgIpc) is 2.81. The third-order valence-corrected chi connectivity index (χ3v) is 4.54. The minimum atomic E-state index is -2.84. The van der Waals surface area contributed by atoms with Crippen LogP contribution in [0.4, 0.5) is 0 Å². The van der Waals surface area contributed by atoms with Crippen LogP contribution in [-0.4, -0.2) is 36.1 Å². The Hall–Kier alpha value is -0.950. The third-order valence-electron chi connectivity index (χ3n) is 2.77. The Morgan fingerprint density at radius 1 is 1.53 bits per heavy atom. The van der Waals surface area contributed by atoms with Gasteiger partial charge >= 0.3 is 0 Å². The largest absolute Gasteiger partial charge is 0.338 e. The molecule has 0 spiro atoms. The molecule has 0 amide bonds. The highest BCUT2D eigenvalue weighted by atomic mass is 32.2. The van der Waals surface area contributed by atoms with Gasteiger partial charge in [0.15, 0.2) is 15.7 Å². The number of aromatic nitrogens is 2. The van der Waals surface area contributed by atoms with Crippen LogP contribution in [-0.2, 0) is 16.4 Å². The Morgan fingerprint density at radius 3 is 2.82 bits per heavy atom. The summed E-state index contributed by atoms with van der Waals surface area (Å²) in [6, 6.07) is 0.00870. The summed E-state index contributed by atoms with van der Waals surface area (Å²) in [6.45, 7) is 4.41. The third kappa shape index (κ3) is 3.26. The summed E-state index contributed by atoms with van der Waals surface area (Å²) in [5, 5.41) is 6.98. The Morgan fingerprint density at radius 2 is 2.29 bits per heavy atom. The van der Waals surface area contributed by atoms with Gasteiger partial charge in [-0.2, -0.15) is 4.98 Å². The quantitative estimate of drug-likeness (QED) is 0.846. The van der Waals surface area contributed by atoms with Crippen molar-refractivity contribution in [2.24, 2.45) is 0 Å². The highest BCUT2D eigenvalue weighted by Crippen LogP contribution is 2.13. The van der Waals surface area contributed by atoms with Crippen LogP contribution in [0.5, 0.6) is 0 Å². The van der Waals surface area contributed by atoms with E-state index in [4.69, 9.17) is 4.52 Å². The zero-order chi connectivity index (χ0) is 12.5. The molecule has 17 heavy (non-hydrogen) atoms. The minimum absolute atomic E-state index is 0.00870. The Bertz CT molecular complexity index is 481. The molecule has 1 aromatic rings. The van der Waals surface area contributed by atoms with Gasteiger partial charge in [-0.1, -0.05) is 19.0 Å². The minimum Gasteiger partial charge on any atom is -0.338 e. The first-order chi connectivity index (χ1) is 7.96. The molecular formula is C10H17N3O3S. The van der Waals surface area contributed by atoms with Crippen LogP contribution < -0.4 is 5.32 Å². The molecule has 7 heteroatoms. The monoisotopic (exact) mass is 259 g/mol. The van der Waals surface area contributed by atoms with Crippen molar-refractivity contribution < 1.29 is 12.9 Å². The van der Waals surface area contributed by atoms with E-state index in [2.05, 4.69) is 15.5 Å². The van der Waals surface area contributed by atoms with Crippen LogP contribution in [0.2, 0.25) is 0 Å². The van der Waals surface area contributed by atoms with Crippen molar-refractivity contribution in [1.29, 1.82) is 0 Å². The van der Waals surface area contributed by atoms with Gasteiger partial charge in [-0.3, -0.25) is 0 Å². The van der Waals surface area contributed by atoms with Crippen molar-refractivity contribution in [2.75, 3.05) is 11.5 Å². The molecule has 0 aliphatic carbocycles. The molecule has 1 N–H and O–H groups in total. The van der Waals surface area contributed by atoms with Crippen molar-refractivity contribution in [2.45, 2.75) is 38.8 Å². The summed E-state index contributed by atoms with van der Waals surface area (Å²) in [6.07, 6.45) is 0.660. The second-order valence-electron chi connectivity index (χ2n) is 4.68. The molecule has 96 valence electrons. The van der Waals surface area contributed by atoms with Crippen molar-refractivity contribution >= 4 is 9.84 Å². The highest BCUT2D eigenvalue weighted by molar-refractivity contribution is 7.91. The molecule has 1 unspecified atom stereocenters. The maximum atomic E-state index is 11.3. The fourth-order valence-electron chi connectivity index (χ4n) is 1.76. The molecule has 1 fully saturated rings. The van der Waals surface area contributed by atoms with Gasteiger partial charge in [-0.05, 0) is 6.42 Å². The number of nitrogens with zero attached hydrogens (tertiary/aromatic N) is 2. The Balaban J connectivity index is 1.86. The van der Waals surface area contributed by atoms with E-state index in [-0.39, 0.29) is 23.5 Å². The lowest BCUT2D eigenvalue weighted by Crippen LogP contribution is -2.29. The van der Waals surface area contributed by atoms with E-state index in [0.29, 0.717) is 24.7 Å². The van der Waals surface area contributed by atoms with Gasteiger partial charge in [0, 0.05) is 12.0 Å². The van der Waals surface area contributed by atoms with Gasteiger partial charge in [0.1, 0.15) is 0 Å². The summed E-state index contributed by atoms with van der Waals surface area (Å²) in [4.78, 5) is 4.22. The highest BCUT2D eigenvalue weighted by Gasteiger charge is 2.27. The molecule has 0 radical (unpaired) electrons. The van der Waals surface area contributed by atoms with Crippen molar-refractivity contribution in [1.82, 2.24) is 15.5 Å². The van der Waals surface area contributed by atoms with Gasteiger partial charge in [-0.15, -0.1) is 0 Å². The van der Waals surface area contributed by atoms with E-state index in [1.165, 1.54) is 0 Å². The van der Waals surface area contributed by atoms with Crippen LogP contribution in [0.3, 0.4) is 0 Å². The van der Waals surface area contributed by atoms with Gasteiger partial charge in [0.25, 0.3) is 0 Å². The molecule has 6 nitrogen and oxygen atoms in total. The lowest BCUT2D eigenvalue weighted by atomic mass is 10.2. The number of sulfone groups is 1. The van der Waals surface area contributed by atoms with E-state index in [1.54, 1.807) is 0 Å². The van der Waals surface area contributed by atoms with E-state index in [9.17, 15) is 8.42 Å². The van der Waals surface area contributed by atoms with Crippen molar-refractivity contribution in [3.05, 3.63) is 11.7 Å². The van der Waals surface area contributed by atoms with Gasteiger partial charge in [0.05, 0.1) is 18.1 Å². The summed E-state index contributed by atoms with van der Waals surface area (Å²) in [5.74, 6) is 1.90. The predicted molar refractivity (Wildman–Crippen MR) is 62.3 cm³/mol. The standard InChI is InChI=1S/C10H17N3O3S/c1-7(2)10-12-9(16-13-10)5-11-8-3-4-17(14,15)6-8/h7-8,11H,3-6H2,1-2H3. The zero-order valence-corrected chi connectivity index (χ0v) is 10.8. The summed E-state index contributed by atoms with van der Waals surface area (Å²) < 4.78 is 27.6. The number of rotatable bonds is 4. The number of hydrogen-bond donors (Lipinski definition) is 1. The zero-order valence-electron chi connectivity index (χ0n) is 10.0. The first-order valence-corrected chi connectivity index (χ1v) is 7.55. The second-order valence-corrected chi connectivity index (χ2v) is 6.91. The van der Waals surface area contributed by atoms with Crippen LogP contribution >= 0.6 is 0 Å². The summed E-state index contributed by atoms with van der Waals surface area (Å²) in [5.41, 5.74) is 0. The lowest BCUT2D eigenvalue weighted by molar-refractivity contribution is 0.354. The first kappa shape index (κ1) is 12.5. The second kappa shape index (κ2) is 4.73. The SMILES string of the molecule is CC(C)c1noc(CNC2CCS(=O)(=O)C2)n1. The van der Waals surface area contributed by atoms with Gasteiger partial charge in [0.2, 0.25) is 5.89 Å². The molecule has 0 aromatic carbocycles. The fourth-order valence-corrected chi connectivity index (χ4v) is 3.47. The van der Waals surface area contributed by atoms with E-state index in [1.807, 2.05) is 13.8 Å². The molecule has 2 heterocycles. The smallest absolute Gasteiger partial charge is 0.240 e. The maximum Gasteiger partial charge on any atom is 0.240 e. The van der Waals surface area contributed by atoms with E-state index < -0.39 is 9.84 Å². The van der Waals surface area contributed by atoms with Gasteiger partial charge in [-0.25, -0.2) is 8.42 Å². The molecule has 1 aliphatic rings. The average molecular weight is 259 g/mol. The summed E-state index contributed by atoms with van der Waals surface area (Å²) in [7, 11) is -2.84. The first-order valence-electron chi connectivity index (χ1n) is 5.72. The topological polar surface area (TPSA) is 85.1 Å². The van der Waals surface area contributed by atoms with Crippen LogP contribution in [0.15, 0.2) is 4.52 Å². The Kier molecular flexibility index (Phi) is 3.48. The number of nitrogens with one attached hydrogen (secondary N) is 1. The molecule has 1 atom stereocenters. The lowest BCUT2D eigenvalue weighted by Gasteiger charge is -2.07. The molecule has 1 aromatic heterocycles. The molecular weight excluding hydrogens is 242 g/mol. The van der Waals surface area contributed by atoms with Crippen LogP contribution in [0.25, 0.3) is 0 Å². The van der Waals surface area contributed by atoms with Crippen molar-refractivity contribution in [3.8, 4) is 0 Å². The van der Waals surface area contributed by atoms with E-state index >= 15 is 0 Å². The van der Waals surface area contributed by atoms with Gasteiger partial charge < -0.3 is 9.84 Å². The molecule has 0 bridgehead atoms. The number of hydrogen-bond acceptors (Lipinski definition) is 6. The summed E-state index contributed by atoms with van der Waals surface area (Å²) >= 11 is 0. The maximum absolute atomic E-state index is 11.3. The van der Waals surface area contributed by atoms with E-state index in [0.717, 1.165) is 0 Å². The van der Waals surface area contributed by atoms with Crippen LogP contribution in [0.1, 0.15) is 37.9 Å². The Labute approximate surface area is 101 Å².